The van der Waals surface area contributed by atoms with Crippen LogP contribution in [0.5, 0.6) is 0 Å². The molecule has 1 amide bonds. The molecule has 0 saturated carbocycles. The normalized spacial score (nSPS) is 13.6. The van der Waals surface area contributed by atoms with Crippen LogP contribution in [0.2, 0.25) is 0 Å². The lowest BCUT2D eigenvalue weighted by Crippen LogP contribution is -2.41. The van der Waals surface area contributed by atoms with Gasteiger partial charge in [-0.2, -0.15) is 0 Å². The van der Waals surface area contributed by atoms with Crippen molar-refractivity contribution < 1.29 is 15.0 Å². The van der Waals surface area contributed by atoms with E-state index in [0.717, 1.165) is 0 Å². The van der Waals surface area contributed by atoms with Crippen molar-refractivity contribution in [3.8, 4) is 0 Å². The Hall–Kier alpha value is -1.46. The van der Waals surface area contributed by atoms with E-state index < -0.39 is 17.6 Å². The minimum absolute atomic E-state index is 0.00583. The summed E-state index contributed by atoms with van der Waals surface area (Å²) in [5.41, 5.74) is 4.98. The molecule has 0 fully saturated rings. The zero-order valence-corrected chi connectivity index (χ0v) is 7.71. The standard InChI is InChI=1S/C9H12N2O3/c1-6(8(10)12)9(13,14)7-4-2-3-5-11-7/h2-6,13-14H,1H3,(H2,10,12). The highest BCUT2D eigenvalue weighted by molar-refractivity contribution is 5.77. The first kappa shape index (κ1) is 10.6. The van der Waals surface area contributed by atoms with Gasteiger partial charge in [-0.1, -0.05) is 6.07 Å². The molecule has 4 N–H and O–H groups in total. The molecule has 76 valence electrons. The smallest absolute Gasteiger partial charge is 0.226 e. The molecule has 5 nitrogen and oxygen atoms in total. The monoisotopic (exact) mass is 196 g/mol. The van der Waals surface area contributed by atoms with Gasteiger partial charge >= 0.3 is 0 Å². The fraction of sp³-hybridized carbons (Fsp3) is 0.333. The zero-order valence-electron chi connectivity index (χ0n) is 7.71. The van der Waals surface area contributed by atoms with Crippen molar-refractivity contribution in [3.05, 3.63) is 30.1 Å². The number of hydrogen-bond acceptors (Lipinski definition) is 4. The Kier molecular flexibility index (Phi) is 2.83. The molecule has 0 bridgehead atoms. The Morgan fingerprint density at radius 2 is 2.21 bits per heavy atom. The number of aromatic nitrogens is 1. The lowest BCUT2D eigenvalue weighted by Gasteiger charge is -2.25. The van der Waals surface area contributed by atoms with Gasteiger partial charge in [-0.25, -0.2) is 0 Å². The molecule has 0 saturated heterocycles. The van der Waals surface area contributed by atoms with Gasteiger partial charge in [0.25, 0.3) is 0 Å². The third-order valence-corrected chi connectivity index (χ3v) is 2.07. The molecule has 5 heteroatoms. The van der Waals surface area contributed by atoms with Gasteiger partial charge in [0, 0.05) is 6.20 Å². The molecule has 1 unspecified atom stereocenters. The summed E-state index contributed by atoms with van der Waals surface area (Å²) in [6.07, 6.45) is 1.41. The van der Waals surface area contributed by atoms with Crippen molar-refractivity contribution in [3.63, 3.8) is 0 Å². The maximum atomic E-state index is 10.8. The number of hydrogen-bond donors (Lipinski definition) is 3. The molecule has 0 aliphatic carbocycles. The third-order valence-electron chi connectivity index (χ3n) is 2.07. The van der Waals surface area contributed by atoms with Gasteiger partial charge in [0.15, 0.2) is 0 Å². The van der Waals surface area contributed by atoms with Crippen molar-refractivity contribution in [2.45, 2.75) is 12.7 Å². The topological polar surface area (TPSA) is 96.4 Å². The Balaban J connectivity index is 3.02. The summed E-state index contributed by atoms with van der Waals surface area (Å²) in [7, 11) is 0. The Labute approximate surface area is 81.2 Å². The highest BCUT2D eigenvalue weighted by Gasteiger charge is 2.38. The molecular weight excluding hydrogens is 184 g/mol. The minimum atomic E-state index is -2.31. The summed E-state index contributed by atoms with van der Waals surface area (Å²) in [4.78, 5) is 14.5. The summed E-state index contributed by atoms with van der Waals surface area (Å²) >= 11 is 0. The summed E-state index contributed by atoms with van der Waals surface area (Å²) in [6, 6.07) is 4.64. The molecular formula is C9H12N2O3. The van der Waals surface area contributed by atoms with E-state index >= 15 is 0 Å². The molecule has 1 atom stereocenters. The first-order valence-corrected chi connectivity index (χ1v) is 4.12. The van der Waals surface area contributed by atoms with Gasteiger partial charge in [-0.15, -0.1) is 0 Å². The van der Waals surface area contributed by atoms with E-state index in [9.17, 15) is 15.0 Å². The molecule has 14 heavy (non-hydrogen) atoms. The largest absolute Gasteiger partial charge is 0.369 e. The lowest BCUT2D eigenvalue weighted by molar-refractivity contribution is -0.207. The van der Waals surface area contributed by atoms with Crippen LogP contribution in [0.4, 0.5) is 0 Å². The maximum absolute atomic E-state index is 10.8. The van der Waals surface area contributed by atoms with E-state index in [2.05, 4.69) is 4.98 Å². The van der Waals surface area contributed by atoms with Crippen LogP contribution >= 0.6 is 0 Å². The van der Waals surface area contributed by atoms with E-state index in [-0.39, 0.29) is 5.69 Å². The molecule has 0 aliphatic heterocycles. The predicted octanol–water partition coefficient (Wildman–Crippen LogP) is -0.660. The predicted molar refractivity (Wildman–Crippen MR) is 48.7 cm³/mol. The lowest BCUT2D eigenvalue weighted by atomic mass is 9.96. The second-order valence-corrected chi connectivity index (χ2v) is 3.07. The Morgan fingerprint density at radius 3 is 2.64 bits per heavy atom. The van der Waals surface area contributed by atoms with E-state index in [1.807, 2.05) is 0 Å². The van der Waals surface area contributed by atoms with Crippen molar-refractivity contribution >= 4 is 5.91 Å². The summed E-state index contributed by atoms with van der Waals surface area (Å²) in [6.45, 7) is 1.33. The van der Waals surface area contributed by atoms with Gasteiger partial charge in [-0.05, 0) is 19.1 Å². The molecule has 1 rings (SSSR count). The number of amides is 1. The van der Waals surface area contributed by atoms with Crippen molar-refractivity contribution in [1.29, 1.82) is 0 Å². The molecule has 1 heterocycles. The van der Waals surface area contributed by atoms with E-state index in [1.165, 1.54) is 19.2 Å². The van der Waals surface area contributed by atoms with E-state index in [4.69, 9.17) is 5.73 Å². The number of pyridine rings is 1. The number of carbonyl (C=O) groups excluding carboxylic acids is 1. The maximum Gasteiger partial charge on any atom is 0.226 e. The van der Waals surface area contributed by atoms with Crippen LogP contribution in [0.1, 0.15) is 12.6 Å². The van der Waals surface area contributed by atoms with Crippen LogP contribution in [-0.4, -0.2) is 21.1 Å². The van der Waals surface area contributed by atoms with Gasteiger partial charge in [0.2, 0.25) is 11.7 Å². The number of carbonyl (C=O) groups is 1. The minimum Gasteiger partial charge on any atom is -0.369 e. The molecule has 0 spiro atoms. The Morgan fingerprint density at radius 1 is 1.57 bits per heavy atom. The van der Waals surface area contributed by atoms with Crippen LogP contribution in [0, 0.1) is 5.92 Å². The van der Waals surface area contributed by atoms with Crippen LogP contribution in [-0.2, 0) is 10.6 Å². The fourth-order valence-corrected chi connectivity index (χ4v) is 1.00. The summed E-state index contributed by atoms with van der Waals surface area (Å²) < 4.78 is 0. The fourth-order valence-electron chi connectivity index (χ4n) is 1.00. The van der Waals surface area contributed by atoms with Gasteiger partial charge in [-0.3, -0.25) is 9.78 Å². The number of aliphatic hydroxyl groups is 2. The quantitative estimate of drug-likeness (QED) is 0.559. The second kappa shape index (κ2) is 3.73. The van der Waals surface area contributed by atoms with E-state index in [1.54, 1.807) is 12.1 Å². The van der Waals surface area contributed by atoms with E-state index in [0.29, 0.717) is 0 Å². The van der Waals surface area contributed by atoms with Crippen LogP contribution < -0.4 is 5.73 Å². The molecule has 0 radical (unpaired) electrons. The first-order valence-electron chi connectivity index (χ1n) is 4.12. The van der Waals surface area contributed by atoms with Crippen molar-refractivity contribution in [2.75, 3.05) is 0 Å². The molecule has 1 aromatic rings. The van der Waals surface area contributed by atoms with Gasteiger partial charge in [0.1, 0.15) is 0 Å². The zero-order chi connectivity index (χ0) is 10.8. The highest BCUT2D eigenvalue weighted by Crippen LogP contribution is 2.24. The molecule has 1 aromatic heterocycles. The average Bonchev–Trinajstić information content (AvgIpc) is 2.18. The van der Waals surface area contributed by atoms with Gasteiger partial charge in [0.05, 0.1) is 11.6 Å². The first-order chi connectivity index (χ1) is 6.46. The molecule has 0 aromatic carbocycles. The number of nitrogens with zero attached hydrogens (tertiary/aromatic N) is 1. The third kappa shape index (κ3) is 1.89. The summed E-state index contributed by atoms with van der Waals surface area (Å²) in [5, 5.41) is 19.2. The highest BCUT2D eigenvalue weighted by atomic mass is 16.5. The number of nitrogens with two attached hydrogens (primary N) is 1. The molecule has 0 aliphatic rings. The Bertz CT molecular complexity index is 324. The van der Waals surface area contributed by atoms with Crippen molar-refractivity contribution in [1.82, 2.24) is 4.98 Å². The average molecular weight is 196 g/mol. The van der Waals surface area contributed by atoms with Gasteiger partial charge < -0.3 is 15.9 Å². The van der Waals surface area contributed by atoms with Crippen molar-refractivity contribution in [2.24, 2.45) is 11.7 Å². The van der Waals surface area contributed by atoms with Crippen LogP contribution in [0.25, 0.3) is 0 Å². The SMILES string of the molecule is CC(C(N)=O)C(O)(O)c1ccccn1. The number of rotatable bonds is 3. The van der Waals surface area contributed by atoms with Crippen LogP contribution in [0.3, 0.4) is 0 Å². The summed E-state index contributed by atoms with van der Waals surface area (Å²) in [5.74, 6) is -4.22. The van der Waals surface area contributed by atoms with Crippen LogP contribution in [0.15, 0.2) is 24.4 Å². The number of primary amides is 1. The second-order valence-electron chi connectivity index (χ2n) is 3.07.